The molecule has 0 spiro atoms. The highest BCUT2D eigenvalue weighted by Gasteiger charge is 2.27. The van der Waals surface area contributed by atoms with Crippen LogP contribution in [0.3, 0.4) is 0 Å². The van der Waals surface area contributed by atoms with Gasteiger partial charge in [0.15, 0.2) is 0 Å². The minimum Gasteiger partial charge on any atom is -0.377 e. The highest BCUT2D eigenvalue weighted by Crippen LogP contribution is 2.37. The van der Waals surface area contributed by atoms with Gasteiger partial charge in [0.25, 0.3) is 0 Å². The number of ether oxygens (including phenoxy) is 1. The van der Waals surface area contributed by atoms with Gasteiger partial charge in [-0.15, -0.1) is 0 Å². The molecular weight excluding hydrogens is 270 g/mol. The maximum atomic E-state index is 5.65. The van der Waals surface area contributed by atoms with Crippen molar-refractivity contribution in [3.8, 4) is 0 Å². The van der Waals surface area contributed by atoms with Gasteiger partial charge in [-0.05, 0) is 25.7 Å². The Bertz CT molecular complexity index is 439. The van der Waals surface area contributed by atoms with Crippen molar-refractivity contribution in [1.29, 1.82) is 0 Å². The number of rotatable bonds is 6. The summed E-state index contributed by atoms with van der Waals surface area (Å²) in [6.07, 6.45) is 4.18. The largest absolute Gasteiger partial charge is 0.377 e. The minimum atomic E-state index is 0.307. The fourth-order valence-electron chi connectivity index (χ4n) is 2.39. The first kappa shape index (κ1) is 15.6. The first-order valence-electron chi connectivity index (χ1n) is 7.50. The molecule has 4 nitrogen and oxygen atoms in total. The summed E-state index contributed by atoms with van der Waals surface area (Å²) in [5.41, 5.74) is 1.24. The van der Waals surface area contributed by atoms with Crippen molar-refractivity contribution >= 4 is 17.6 Å². The SMILES string of the molecule is CCCNc1ncnc(SC2CCOC2C)c1C(C)C. The van der Waals surface area contributed by atoms with E-state index < -0.39 is 0 Å². The quantitative estimate of drug-likeness (QED) is 0.811. The lowest BCUT2D eigenvalue weighted by molar-refractivity contribution is 0.127. The molecule has 1 aromatic rings. The molecule has 112 valence electrons. The Kier molecular flexibility index (Phi) is 5.66. The second-order valence-electron chi connectivity index (χ2n) is 5.54. The van der Waals surface area contributed by atoms with Crippen molar-refractivity contribution in [2.24, 2.45) is 0 Å². The molecule has 1 aliphatic rings. The lowest BCUT2D eigenvalue weighted by Gasteiger charge is -2.19. The average Bonchev–Trinajstić information content (AvgIpc) is 2.81. The third-order valence-electron chi connectivity index (χ3n) is 3.54. The van der Waals surface area contributed by atoms with Crippen LogP contribution in [0.25, 0.3) is 0 Å². The van der Waals surface area contributed by atoms with E-state index in [1.54, 1.807) is 6.33 Å². The molecule has 0 saturated carbocycles. The molecule has 0 bridgehead atoms. The molecule has 2 atom stereocenters. The molecule has 2 unspecified atom stereocenters. The van der Waals surface area contributed by atoms with Crippen LogP contribution in [0, 0.1) is 0 Å². The zero-order valence-electron chi connectivity index (χ0n) is 12.8. The van der Waals surface area contributed by atoms with Crippen LogP contribution < -0.4 is 5.32 Å². The molecule has 0 radical (unpaired) electrons. The second kappa shape index (κ2) is 7.27. The minimum absolute atomic E-state index is 0.307. The molecule has 0 aromatic carbocycles. The van der Waals surface area contributed by atoms with Gasteiger partial charge in [-0.25, -0.2) is 9.97 Å². The fraction of sp³-hybridized carbons (Fsp3) is 0.733. The van der Waals surface area contributed by atoms with Crippen LogP contribution in [0.4, 0.5) is 5.82 Å². The lowest BCUT2D eigenvalue weighted by Crippen LogP contribution is -2.15. The number of hydrogen-bond donors (Lipinski definition) is 1. The number of nitrogens with one attached hydrogen (secondary N) is 1. The lowest BCUT2D eigenvalue weighted by atomic mass is 10.1. The van der Waals surface area contributed by atoms with Gasteiger partial charge in [-0.1, -0.05) is 32.5 Å². The van der Waals surface area contributed by atoms with E-state index in [1.165, 1.54) is 5.56 Å². The maximum Gasteiger partial charge on any atom is 0.133 e. The third kappa shape index (κ3) is 3.64. The molecule has 20 heavy (non-hydrogen) atoms. The van der Waals surface area contributed by atoms with E-state index in [0.717, 1.165) is 36.8 Å². The first-order chi connectivity index (χ1) is 9.63. The molecule has 0 amide bonds. The predicted molar refractivity (Wildman–Crippen MR) is 84.6 cm³/mol. The van der Waals surface area contributed by atoms with Crippen molar-refractivity contribution in [3.63, 3.8) is 0 Å². The monoisotopic (exact) mass is 295 g/mol. The van der Waals surface area contributed by atoms with E-state index in [0.29, 0.717) is 17.3 Å². The van der Waals surface area contributed by atoms with Gasteiger partial charge in [0.05, 0.1) is 6.10 Å². The van der Waals surface area contributed by atoms with Crippen LogP contribution in [0.2, 0.25) is 0 Å². The Labute approximate surface area is 126 Å². The molecule has 2 rings (SSSR count). The second-order valence-corrected chi connectivity index (χ2v) is 6.77. The van der Waals surface area contributed by atoms with Crippen LogP contribution in [-0.4, -0.2) is 34.5 Å². The van der Waals surface area contributed by atoms with E-state index in [2.05, 4.69) is 43.0 Å². The molecular formula is C15H25N3OS. The van der Waals surface area contributed by atoms with E-state index in [-0.39, 0.29) is 0 Å². The third-order valence-corrected chi connectivity index (χ3v) is 5.01. The van der Waals surface area contributed by atoms with Crippen molar-refractivity contribution in [1.82, 2.24) is 9.97 Å². The highest BCUT2D eigenvalue weighted by molar-refractivity contribution is 8.00. The molecule has 2 heterocycles. The topological polar surface area (TPSA) is 47.0 Å². The Hall–Kier alpha value is -0.810. The Morgan fingerprint density at radius 3 is 2.85 bits per heavy atom. The van der Waals surface area contributed by atoms with Gasteiger partial charge in [0.2, 0.25) is 0 Å². The number of nitrogens with zero attached hydrogens (tertiary/aromatic N) is 2. The van der Waals surface area contributed by atoms with Gasteiger partial charge < -0.3 is 10.1 Å². The average molecular weight is 295 g/mol. The molecule has 0 aliphatic carbocycles. The number of thioether (sulfide) groups is 1. The van der Waals surface area contributed by atoms with E-state index in [9.17, 15) is 0 Å². The molecule has 1 fully saturated rings. The summed E-state index contributed by atoms with van der Waals surface area (Å²) in [4.78, 5) is 8.95. The number of hydrogen-bond acceptors (Lipinski definition) is 5. The summed E-state index contributed by atoms with van der Waals surface area (Å²) < 4.78 is 5.65. The van der Waals surface area contributed by atoms with Crippen LogP contribution in [-0.2, 0) is 4.74 Å². The smallest absolute Gasteiger partial charge is 0.133 e. The Morgan fingerprint density at radius 1 is 1.45 bits per heavy atom. The van der Waals surface area contributed by atoms with Crippen LogP contribution in [0.5, 0.6) is 0 Å². The summed E-state index contributed by atoms with van der Waals surface area (Å²) >= 11 is 1.85. The fourth-order valence-corrected chi connectivity index (χ4v) is 3.73. The predicted octanol–water partition coefficient (Wildman–Crippen LogP) is 3.69. The molecule has 1 aromatic heterocycles. The van der Waals surface area contributed by atoms with Gasteiger partial charge in [0.1, 0.15) is 17.2 Å². The molecule has 1 saturated heterocycles. The molecule has 1 aliphatic heterocycles. The van der Waals surface area contributed by atoms with Gasteiger partial charge in [-0.3, -0.25) is 0 Å². The zero-order chi connectivity index (χ0) is 14.5. The molecule has 1 N–H and O–H groups in total. The van der Waals surface area contributed by atoms with E-state index in [1.807, 2.05) is 11.8 Å². The van der Waals surface area contributed by atoms with Crippen LogP contribution >= 0.6 is 11.8 Å². The number of anilines is 1. The number of aromatic nitrogens is 2. The summed E-state index contributed by atoms with van der Waals surface area (Å²) in [6.45, 7) is 10.5. The normalized spacial score (nSPS) is 22.4. The summed E-state index contributed by atoms with van der Waals surface area (Å²) in [5.74, 6) is 1.40. The molecule has 5 heteroatoms. The first-order valence-corrected chi connectivity index (χ1v) is 8.38. The summed E-state index contributed by atoms with van der Waals surface area (Å²) in [7, 11) is 0. The van der Waals surface area contributed by atoms with E-state index >= 15 is 0 Å². The van der Waals surface area contributed by atoms with Crippen LogP contribution in [0.1, 0.15) is 52.0 Å². The van der Waals surface area contributed by atoms with Gasteiger partial charge in [0, 0.05) is 24.0 Å². The Morgan fingerprint density at radius 2 is 2.25 bits per heavy atom. The zero-order valence-corrected chi connectivity index (χ0v) is 13.7. The van der Waals surface area contributed by atoms with Gasteiger partial charge >= 0.3 is 0 Å². The highest BCUT2D eigenvalue weighted by atomic mass is 32.2. The van der Waals surface area contributed by atoms with Gasteiger partial charge in [-0.2, -0.15) is 0 Å². The standard InChI is InChI=1S/C15H25N3OS/c1-5-7-16-14-13(10(2)3)15(18-9-17-14)20-12-6-8-19-11(12)4/h9-12H,5-8H2,1-4H3,(H,16,17,18). The van der Waals surface area contributed by atoms with Crippen molar-refractivity contribution < 1.29 is 4.74 Å². The Balaban J connectivity index is 2.22. The summed E-state index contributed by atoms with van der Waals surface area (Å²) in [5, 5.41) is 5.03. The summed E-state index contributed by atoms with van der Waals surface area (Å²) in [6, 6.07) is 0. The van der Waals surface area contributed by atoms with E-state index in [4.69, 9.17) is 4.74 Å². The van der Waals surface area contributed by atoms with Crippen molar-refractivity contribution in [2.75, 3.05) is 18.5 Å². The van der Waals surface area contributed by atoms with Crippen molar-refractivity contribution in [3.05, 3.63) is 11.9 Å². The van der Waals surface area contributed by atoms with Crippen molar-refractivity contribution in [2.45, 2.75) is 62.8 Å². The van der Waals surface area contributed by atoms with Crippen LogP contribution in [0.15, 0.2) is 11.4 Å². The maximum absolute atomic E-state index is 5.65.